The zero-order valence-electron chi connectivity index (χ0n) is 9.47. The molecule has 1 heterocycles. The molecule has 0 aromatic carbocycles. The van der Waals surface area contributed by atoms with Crippen molar-refractivity contribution < 1.29 is 4.79 Å². The number of hydrogen-bond acceptors (Lipinski definition) is 1. The Morgan fingerprint density at radius 1 is 1.33 bits per heavy atom. The van der Waals surface area contributed by atoms with Crippen molar-refractivity contribution in [3.63, 3.8) is 0 Å². The summed E-state index contributed by atoms with van der Waals surface area (Å²) in [4.78, 5) is 15.0. The Morgan fingerprint density at radius 3 is 2.53 bits per heavy atom. The van der Waals surface area contributed by atoms with Crippen molar-refractivity contribution in [2.24, 2.45) is 5.41 Å². The highest BCUT2D eigenvalue weighted by Crippen LogP contribution is 2.38. The minimum absolute atomic E-state index is 0.0463. The smallest absolute Gasteiger partial charge is 0.228 e. The summed E-state index contributed by atoms with van der Waals surface area (Å²) in [5.41, 5.74) is -0.0463. The standard InChI is InChI=1S/C12H20BrNO/c1-12(6-3-2-4-7-12)11(15)14-8-5-10(13)9-14/h10H,2-9H2,1H3. The van der Waals surface area contributed by atoms with Gasteiger partial charge in [-0.2, -0.15) is 0 Å². The summed E-state index contributed by atoms with van der Waals surface area (Å²) >= 11 is 3.59. The molecule has 0 aromatic rings. The number of halogens is 1. The molecule has 0 radical (unpaired) electrons. The maximum Gasteiger partial charge on any atom is 0.228 e. The van der Waals surface area contributed by atoms with Crippen LogP contribution >= 0.6 is 15.9 Å². The Hall–Kier alpha value is -0.0500. The van der Waals surface area contributed by atoms with E-state index in [0.717, 1.165) is 32.4 Å². The molecule has 0 aromatic heterocycles. The number of alkyl halides is 1. The quantitative estimate of drug-likeness (QED) is 0.673. The zero-order chi connectivity index (χ0) is 10.9. The predicted molar refractivity (Wildman–Crippen MR) is 65.1 cm³/mol. The molecule has 1 saturated carbocycles. The summed E-state index contributed by atoms with van der Waals surface area (Å²) in [6.45, 7) is 4.02. The summed E-state index contributed by atoms with van der Waals surface area (Å²) in [6.07, 6.45) is 7.07. The lowest BCUT2D eigenvalue weighted by Gasteiger charge is -2.35. The SMILES string of the molecule is CC1(C(=O)N2CCC(Br)C2)CCCCC1. The summed E-state index contributed by atoms with van der Waals surface area (Å²) in [7, 11) is 0. The molecule has 2 fully saturated rings. The van der Waals surface area contributed by atoms with Gasteiger partial charge in [-0.1, -0.05) is 42.1 Å². The van der Waals surface area contributed by atoms with Gasteiger partial charge in [0, 0.05) is 23.3 Å². The van der Waals surface area contributed by atoms with Gasteiger partial charge in [0.15, 0.2) is 0 Å². The molecule has 1 saturated heterocycles. The average Bonchev–Trinajstić information content (AvgIpc) is 2.65. The molecule has 1 unspecified atom stereocenters. The molecule has 1 atom stereocenters. The van der Waals surface area contributed by atoms with E-state index in [-0.39, 0.29) is 5.41 Å². The lowest BCUT2D eigenvalue weighted by Crippen LogP contribution is -2.42. The summed E-state index contributed by atoms with van der Waals surface area (Å²) in [6, 6.07) is 0. The fraction of sp³-hybridized carbons (Fsp3) is 0.917. The Morgan fingerprint density at radius 2 is 2.00 bits per heavy atom. The molecular formula is C12H20BrNO. The Bertz CT molecular complexity index is 248. The van der Waals surface area contributed by atoms with E-state index in [2.05, 4.69) is 27.8 Å². The molecule has 86 valence electrons. The highest BCUT2D eigenvalue weighted by atomic mass is 79.9. The van der Waals surface area contributed by atoms with E-state index in [9.17, 15) is 4.79 Å². The minimum atomic E-state index is -0.0463. The first-order valence-electron chi connectivity index (χ1n) is 6.05. The highest BCUT2D eigenvalue weighted by Gasteiger charge is 2.39. The van der Waals surface area contributed by atoms with E-state index >= 15 is 0 Å². The van der Waals surface area contributed by atoms with Crippen LogP contribution in [0.25, 0.3) is 0 Å². The molecule has 1 aliphatic heterocycles. The van der Waals surface area contributed by atoms with E-state index in [1.54, 1.807) is 0 Å². The molecular weight excluding hydrogens is 254 g/mol. The Kier molecular flexibility index (Phi) is 3.39. The van der Waals surface area contributed by atoms with Crippen molar-refractivity contribution in [1.82, 2.24) is 4.90 Å². The number of carbonyl (C=O) groups is 1. The Labute approximate surface area is 101 Å². The molecule has 2 rings (SSSR count). The monoisotopic (exact) mass is 273 g/mol. The number of amides is 1. The second kappa shape index (κ2) is 4.44. The highest BCUT2D eigenvalue weighted by molar-refractivity contribution is 9.09. The second-order valence-corrected chi connectivity index (χ2v) is 6.55. The van der Waals surface area contributed by atoms with Crippen LogP contribution in [0.15, 0.2) is 0 Å². The van der Waals surface area contributed by atoms with Gasteiger partial charge in [0.05, 0.1) is 0 Å². The third kappa shape index (κ3) is 2.38. The third-order valence-electron chi connectivity index (χ3n) is 3.89. The maximum absolute atomic E-state index is 12.4. The number of rotatable bonds is 1. The number of nitrogens with zero attached hydrogens (tertiary/aromatic N) is 1. The molecule has 15 heavy (non-hydrogen) atoms. The lowest BCUT2D eigenvalue weighted by molar-refractivity contribution is -0.141. The average molecular weight is 274 g/mol. The molecule has 0 spiro atoms. The van der Waals surface area contributed by atoms with Crippen molar-refractivity contribution >= 4 is 21.8 Å². The van der Waals surface area contributed by atoms with Crippen LogP contribution in [0.2, 0.25) is 0 Å². The number of hydrogen-bond donors (Lipinski definition) is 0. The molecule has 0 bridgehead atoms. The second-order valence-electron chi connectivity index (χ2n) is 5.26. The van der Waals surface area contributed by atoms with Crippen LogP contribution < -0.4 is 0 Å². The first kappa shape index (κ1) is 11.4. The van der Waals surface area contributed by atoms with Crippen LogP contribution in [0.5, 0.6) is 0 Å². The van der Waals surface area contributed by atoms with Crippen LogP contribution in [0.3, 0.4) is 0 Å². The Balaban J connectivity index is 1.99. The van der Waals surface area contributed by atoms with Gasteiger partial charge in [0.1, 0.15) is 0 Å². The van der Waals surface area contributed by atoms with Crippen molar-refractivity contribution in [2.75, 3.05) is 13.1 Å². The van der Waals surface area contributed by atoms with Crippen molar-refractivity contribution in [3.8, 4) is 0 Å². The summed E-state index contributed by atoms with van der Waals surface area (Å²) in [5.74, 6) is 0.407. The molecule has 3 heteroatoms. The fourth-order valence-electron chi connectivity index (χ4n) is 2.83. The topological polar surface area (TPSA) is 20.3 Å². The largest absolute Gasteiger partial charge is 0.341 e. The molecule has 2 aliphatic rings. The van der Waals surface area contributed by atoms with E-state index in [1.807, 2.05) is 0 Å². The fourth-order valence-corrected chi connectivity index (χ4v) is 3.38. The van der Waals surface area contributed by atoms with Crippen LogP contribution in [-0.4, -0.2) is 28.7 Å². The van der Waals surface area contributed by atoms with Gasteiger partial charge in [0.2, 0.25) is 5.91 Å². The zero-order valence-corrected chi connectivity index (χ0v) is 11.1. The first-order valence-corrected chi connectivity index (χ1v) is 6.97. The van der Waals surface area contributed by atoms with E-state index in [4.69, 9.17) is 0 Å². The first-order chi connectivity index (χ1) is 7.12. The van der Waals surface area contributed by atoms with Gasteiger partial charge in [0.25, 0.3) is 0 Å². The van der Waals surface area contributed by atoms with Crippen molar-refractivity contribution in [1.29, 1.82) is 0 Å². The van der Waals surface area contributed by atoms with Crippen molar-refractivity contribution in [3.05, 3.63) is 0 Å². The van der Waals surface area contributed by atoms with Crippen LogP contribution in [0.4, 0.5) is 0 Å². The molecule has 0 N–H and O–H groups in total. The molecule has 1 amide bonds. The summed E-state index contributed by atoms with van der Waals surface area (Å²) in [5, 5.41) is 0. The number of carbonyl (C=O) groups excluding carboxylic acids is 1. The molecule has 2 nitrogen and oxygen atoms in total. The van der Waals surface area contributed by atoms with Gasteiger partial charge in [-0.05, 0) is 19.3 Å². The van der Waals surface area contributed by atoms with Gasteiger partial charge in [-0.15, -0.1) is 0 Å². The van der Waals surface area contributed by atoms with Crippen molar-refractivity contribution in [2.45, 2.75) is 50.3 Å². The predicted octanol–water partition coefficient (Wildman–Crippen LogP) is 2.95. The summed E-state index contributed by atoms with van der Waals surface area (Å²) < 4.78 is 0. The normalized spacial score (nSPS) is 30.5. The van der Waals surface area contributed by atoms with Gasteiger partial charge in [-0.25, -0.2) is 0 Å². The minimum Gasteiger partial charge on any atom is -0.341 e. The molecule has 1 aliphatic carbocycles. The maximum atomic E-state index is 12.4. The van der Waals surface area contributed by atoms with Gasteiger partial charge < -0.3 is 4.90 Å². The van der Waals surface area contributed by atoms with E-state index in [0.29, 0.717) is 10.7 Å². The van der Waals surface area contributed by atoms with E-state index in [1.165, 1.54) is 19.3 Å². The van der Waals surface area contributed by atoms with Crippen LogP contribution in [0.1, 0.15) is 45.4 Å². The van der Waals surface area contributed by atoms with Crippen LogP contribution in [-0.2, 0) is 4.79 Å². The van der Waals surface area contributed by atoms with Crippen LogP contribution in [0, 0.1) is 5.41 Å². The number of likely N-dealkylation sites (tertiary alicyclic amines) is 1. The van der Waals surface area contributed by atoms with Gasteiger partial charge in [-0.3, -0.25) is 4.79 Å². The van der Waals surface area contributed by atoms with Gasteiger partial charge >= 0.3 is 0 Å². The third-order valence-corrected chi connectivity index (χ3v) is 4.64. The lowest BCUT2D eigenvalue weighted by atomic mass is 9.75. The van der Waals surface area contributed by atoms with E-state index < -0.39 is 0 Å².